The molecule has 2 aliphatic rings. The molecule has 10 nitrogen and oxygen atoms in total. The molecule has 0 spiro atoms. The van der Waals surface area contributed by atoms with Crippen molar-refractivity contribution < 1.29 is 17.6 Å². The van der Waals surface area contributed by atoms with Crippen LogP contribution in [0, 0.1) is 0 Å². The molecule has 0 aliphatic carbocycles. The fourth-order valence-corrected chi connectivity index (χ4v) is 6.12. The number of hydrogen-bond donors (Lipinski definition) is 0. The Morgan fingerprint density at radius 2 is 1.76 bits per heavy atom. The Hall–Kier alpha value is -3.18. The van der Waals surface area contributed by atoms with Gasteiger partial charge in [-0.2, -0.15) is 4.31 Å². The van der Waals surface area contributed by atoms with Gasteiger partial charge in [0.1, 0.15) is 5.82 Å². The highest BCUT2D eigenvalue weighted by Crippen LogP contribution is 2.24. The summed E-state index contributed by atoms with van der Waals surface area (Å²) >= 11 is 0. The van der Waals surface area contributed by atoms with Crippen molar-refractivity contribution in [2.75, 3.05) is 44.2 Å². The number of carbonyl (C=O) groups is 1. The third-order valence-corrected chi connectivity index (χ3v) is 8.39. The second kappa shape index (κ2) is 9.22. The summed E-state index contributed by atoms with van der Waals surface area (Å²) in [5.41, 5.74) is 0.694. The standard InChI is InChI=1S/C23H27N5O5S/c29-22(26-15-13-25(14-16-26)21-5-1-2-9-24-21)8-12-28-19-7-6-18(17-20(19)33-23(28)30)34(31,32)27-10-3-4-11-27/h1-2,5-7,9,17H,3-4,8,10-16H2. The molecule has 180 valence electrons. The molecular weight excluding hydrogens is 458 g/mol. The highest BCUT2D eigenvalue weighted by Gasteiger charge is 2.28. The predicted octanol–water partition coefficient (Wildman–Crippen LogP) is 1.51. The normalized spacial score (nSPS) is 17.5. The average Bonchev–Trinajstić information content (AvgIpc) is 3.51. The van der Waals surface area contributed by atoms with Gasteiger partial charge < -0.3 is 14.2 Å². The Labute approximate surface area is 197 Å². The number of anilines is 1. The lowest BCUT2D eigenvalue weighted by atomic mass is 10.2. The molecule has 1 aromatic carbocycles. The van der Waals surface area contributed by atoms with Gasteiger partial charge in [0.05, 0.1) is 10.4 Å². The number of oxazole rings is 1. The van der Waals surface area contributed by atoms with Crippen LogP contribution < -0.4 is 10.7 Å². The lowest BCUT2D eigenvalue weighted by molar-refractivity contribution is -0.131. The van der Waals surface area contributed by atoms with Gasteiger partial charge in [0.25, 0.3) is 0 Å². The van der Waals surface area contributed by atoms with Gasteiger partial charge in [-0.1, -0.05) is 6.07 Å². The van der Waals surface area contributed by atoms with Crippen LogP contribution >= 0.6 is 0 Å². The minimum atomic E-state index is -3.61. The van der Waals surface area contributed by atoms with Crippen molar-refractivity contribution in [2.45, 2.75) is 30.7 Å². The first kappa shape index (κ1) is 22.6. The van der Waals surface area contributed by atoms with Crippen molar-refractivity contribution in [3.63, 3.8) is 0 Å². The third-order valence-electron chi connectivity index (χ3n) is 6.50. The van der Waals surface area contributed by atoms with E-state index in [0.717, 1.165) is 18.7 Å². The van der Waals surface area contributed by atoms with Crippen LogP contribution in [0.4, 0.5) is 5.82 Å². The summed E-state index contributed by atoms with van der Waals surface area (Å²) in [6.07, 6.45) is 3.61. The number of amides is 1. The van der Waals surface area contributed by atoms with Crippen LogP contribution in [0.1, 0.15) is 19.3 Å². The van der Waals surface area contributed by atoms with E-state index in [1.165, 1.54) is 21.0 Å². The highest BCUT2D eigenvalue weighted by molar-refractivity contribution is 7.89. The van der Waals surface area contributed by atoms with E-state index in [1.54, 1.807) is 17.2 Å². The van der Waals surface area contributed by atoms with Crippen LogP contribution in [0.3, 0.4) is 0 Å². The van der Waals surface area contributed by atoms with Crippen LogP contribution in [0.15, 0.2) is 56.7 Å². The molecule has 0 radical (unpaired) electrons. The van der Waals surface area contributed by atoms with Crippen molar-refractivity contribution in [3.05, 3.63) is 53.1 Å². The number of rotatable bonds is 6. The molecular formula is C23H27N5O5S. The minimum absolute atomic E-state index is 0.0323. The topological polar surface area (TPSA) is 109 Å². The van der Waals surface area contributed by atoms with Gasteiger partial charge in [-0.3, -0.25) is 9.36 Å². The Morgan fingerprint density at radius 1 is 1.00 bits per heavy atom. The molecule has 2 saturated heterocycles. The summed E-state index contributed by atoms with van der Waals surface area (Å²) in [4.78, 5) is 33.6. The van der Waals surface area contributed by atoms with Gasteiger partial charge in [-0.15, -0.1) is 0 Å². The molecule has 0 bridgehead atoms. The van der Waals surface area contributed by atoms with Crippen molar-refractivity contribution in [2.24, 2.45) is 0 Å². The zero-order valence-corrected chi connectivity index (χ0v) is 19.6. The molecule has 1 amide bonds. The van der Waals surface area contributed by atoms with Gasteiger partial charge >= 0.3 is 5.76 Å². The Balaban J connectivity index is 1.24. The van der Waals surface area contributed by atoms with Crippen molar-refractivity contribution in [1.82, 2.24) is 18.8 Å². The quantitative estimate of drug-likeness (QED) is 0.521. The molecule has 4 heterocycles. The fourth-order valence-electron chi connectivity index (χ4n) is 4.59. The molecule has 11 heteroatoms. The van der Waals surface area contributed by atoms with Crippen LogP contribution in [0.2, 0.25) is 0 Å². The van der Waals surface area contributed by atoms with E-state index >= 15 is 0 Å². The molecule has 0 unspecified atom stereocenters. The van der Waals surface area contributed by atoms with Gasteiger partial charge in [0.2, 0.25) is 15.9 Å². The number of benzene rings is 1. The summed E-state index contributed by atoms with van der Waals surface area (Å²) in [6, 6.07) is 10.3. The van der Waals surface area contributed by atoms with E-state index in [-0.39, 0.29) is 29.4 Å². The fraction of sp³-hybridized carbons (Fsp3) is 0.435. The van der Waals surface area contributed by atoms with E-state index in [1.807, 2.05) is 18.2 Å². The van der Waals surface area contributed by atoms with Crippen LogP contribution in [-0.2, 0) is 21.4 Å². The third kappa shape index (κ3) is 4.32. The maximum atomic E-state index is 12.8. The second-order valence-electron chi connectivity index (χ2n) is 8.57. The first-order valence-electron chi connectivity index (χ1n) is 11.5. The Morgan fingerprint density at radius 3 is 2.47 bits per heavy atom. The number of aromatic nitrogens is 2. The molecule has 0 N–H and O–H groups in total. The van der Waals surface area contributed by atoms with E-state index < -0.39 is 15.8 Å². The van der Waals surface area contributed by atoms with Gasteiger partial charge in [0, 0.05) is 64.5 Å². The van der Waals surface area contributed by atoms with E-state index in [9.17, 15) is 18.0 Å². The number of fused-ring (bicyclic) bond motifs is 1. The van der Waals surface area contributed by atoms with Crippen LogP contribution in [0.25, 0.3) is 11.1 Å². The molecule has 2 fully saturated rings. The first-order chi connectivity index (χ1) is 16.4. The number of sulfonamides is 1. The summed E-state index contributed by atoms with van der Waals surface area (Å²) in [6.45, 7) is 3.76. The number of aryl methyl sites for hydroxylation is 1. The van der Waals surface area contributed by atoms with Gasteiger partial charge in [-0.05, 0) is 37.1 Å². The summed E-state index contributed by atoms with van der Waals surface area (Å²) < 4.78 is 33.8. The molecule has 5 rings (SSSR count). The number of piperazine rings is 1. The van der Waals surface area contributed by atoms with Gasteiger partial charge in [-0.25, -0.2) is 18.2 Å². The maximum absolute atomic E-state index is 12.8. The van der Waals surface area contributed by atoms with Gasteiger partial charge in [0.15, 0.2) is 5.58 Å². The molecule has 3 aromatic rings. The number of nitrogens with zero attached hydrogens (tertiary/aromatic N) is 5. The number of hydrogen-bond acceptors (Lipinski definition) is 7. The first-order valence-corrected chi connectivity index (χ1v) is 12.9. The largest absolute Gasteiger partial charge is 0.419 e. The van der Waals surface area contributed by atoms with E-state index in [2.05, 4.69) is 9.88 Å². The number of pyridine rings is 1. The van der Waals surface area contributed by atoms with Crippen LogP contribution in [-0.4, -0.2) is 72.3 Å². The maximum Gasteiger partial charge on any atom is 0.419 e. The second-order valence-corrected chi connectivity index (χ2v) is 10.5. The summed E-state index contributed by atoms with van der Waals surface area (Å²) in [5.74, 6) is 0.269. The average molecular weight is 486 g/mol. The van der Waals surface area contributed by atoms with Crippen LogP contribution in [0.5, 0.6) is 0 Å². The molecule has 2 aliphatic heterocycles. The lowest BCUT2D eigenvalue weighted by Gasteiger charge is -2.35. The molecule has 34 heavy (non-hydrogen) atoms. The van der Waals surface area contributed by atoms with Crippen molar-refractivity contribution >= 4 is 32.8 Å². The smallest absolute Gasteiger partial charge is 0.408 e. The molecule has 2 aromatic heterocycles. The van der Waals surface area contributed by atoms with E-state index in [4.69, 9.17) is 4.42 Å². The highest BCUT2D eigenvalue weighted by atomic mass is 32.2. The molecule has 0 saturated carbocycles. The SMILES string of the molecule is O=C(CCn1c(=O)oc2cc(S(=O)(=O)N3CCCC3)ccc21)N1CCN(c2ccccn2)CC1. The number of carbonyl (C=O) groups excluding carboxylic acids is 1. The summed E-state index contributed by atoms with van der Waals surface area (Å²) in [7, 11) is -3.61. The lowest BCUT2D eigenvalue weighted by Crippen LogP contribution is -2.49. The zero-order chi connectivity index (χ0) is 23.7. The minimum Gasteiger partial charge on any atom is -0.408 e. The molecule has 0 atom stereocenters. The predicted molar refractivity (Wildman–Crippen MR) is 126 cm³/mol. The Bertz CT molecular complexity index is 1340. The zero-order valence-electron chi connectivity index (χ0n) is 18.8. The summed E-state index contributed by atoms with van der Waals surface area (Å²) in [5, 5.41) is 0. The monoisotopic (exact) mass is 485 g/mol. The van der Waals surface area contributed by atoms with Crippen molar-refractivity contribution in [1.29, 1.82) is 0 Å². The van der Waals surface area contributed by atoms with E-state index in [0.29, 0.717) is 44.8 Å². The Kier molecular flexibility index (Phi) is 6.13. The van der Waals surface area contributed by atoms with Crippen molar-refractivity contribution in [3.8, 4) is 0 Å².